The van der Waals surface area contributed by atoms with Gasteiger partial charge in [-0.1, -0.05) is 34.6 Å². The average molecular weight is 326 g/mol. The summed E-state index contributed by atoms with van der Waals surface area (Å²) >= 11 is 0. The number of amides is 2. The molecule has 1 atom stereocenters. The van der Waals surface area contributed by atoms with Crippen LogP contribution in [0.2, 0.25) is 0 Å². The number of carboxylic acids is 1. The van der Waals surface area contributed by atoms with Crippen molar-refractivity contribution in [2.24, 2.45) is 17.3 Å². The van der Waals surface area contributed by atoms with Crippen molar-refractivity contribution in [2.75, 3.05) is 26.2 Å². The quantitative estimate of drug-likeness (QED) is 0.836. The average Bonchev–Trinajstić information content (AvgIpc) is 2.43. The van der Waals surface area contributed by atoms with Crippen molar-refractivity contribution in [3.8, 4) is 0 Å². The van der Waals surface area contributed by atoms with Gasteiger partial charge in [0.15, 0.2) is 0 Å². The van der Waals surface area contributed by atoms with E-state index in [1.165, 1.54) is 4.90 Å². The van der Waals surface area contributed by atoms with Crippen molar-refractivity contribution >= 4 is 17.8 Å². The molecule has 0 aromatic heterocycles. The molecule has 0 saturated carbocycles. The first-order chi connectivity index (χ1) is 10.5. The second-order valence-electron chi connectivity index (χ2n) is 7.85. The molecule has 1 fully saturated rings. The second-order valence-corrected chi connectivity index (χ2v) is 7.85. The Morgan fingerprint density at radius 3 is 2.35 bits per heavy atom. The monoisotopic (exact) mass is 326 g/mol. The molecule has 1 aliphatic heterocycles. The Bertz CT molecular complexity index is 454. The number of hydrogen-bond donors (Lipinski definition) is 1. The van der Waals surface area contributed by atoms with E-state index in [4.69, 9.17) is 5.11 Å². The van der Waals surface area contributed by atoms with Crippen molar-refractivity contribution < 1.29 is 19.5 Å². The number of aliphatic carboxylic acids is 1. The molecule has 1 N–H and O–H groups in total. The van der Waals surface area contributed by atoms with Gasteiger partial charge in [-0.2, -0.15) is 0 Å². The maximum Gasteiger partial charge on any atom is 0.323 e. The minimum absolute atomic E-state index is 0.0450. The van der Waals surface area contributed by atoms with E-state index in [-0.39, 0.29) is 30.2 Å². The van der Waals surface area contributed by atoms with Gasteiger partial charge in [0, 0.05) is 25.0 Å². The normalized spacial score (nSPS) is 18.9. The highest BCUT2D eigenvalue weighted by Crippen LogP contribution is 2.24. The summed E-state index contributed by atoms with van der Waals surface area (Å²) in [7, 11) is 0. The predicted octanol–water partition coefficient (Wildman–Crippen LogP) is 1.84. The van der Waals surface area contributed by atoms with E-state index >= 15 is 0 Å². The number of hydrogen-bond acceptors (Lipinski definition) is 3. The molecule has 0 aromatic carbocycles. The topological polar surface area (TPSA) is 77.9 Å². The van der Waals surface area contributed by atoms with E-state index in [1.54, 1.807) is 4.90 Å². The van der Waals surface area contributed by atoms with E-state index < -0.39 is 11.4 Å². The van der Waals surface area contributed by atoms with Gasteiger partial charge < -0.3 is 14.9 Å². The molecule has 132 valence electrons. The lowest BCUT2D eigenvalue weighted by Crippen LogP contribution is -2.50. The zero-order chi connectivity index (χ0) is 17.8. The molecule has 6 heteroatoms. The summed E-state index contributed by atoms with van der Waals surface area (Å²) in [5, 5.41) is 9.03. The van der Waals surface area contributed by atoms with E-state index in [0.29, 0.717) is 26.1 Å². The summed E-state index contributed by atoms with van der Waals surface area (Å²) in [5.41, 5.74) is -0.469. The predicted molar refractivity (Wildman–Crippen MR) is 87.8 cm³/mol. The lowest BCUT2D eigenvalue weighted by molar-refractivity contribution is -0.150. The van der Waals surface area contributed by atoms with Gasteiger partial charge in [0.05, 0.1) is 5.92 Å². The van der Waals surface area contributed by atoms with Crippen LogP contribution in [0.25, 0.3) is 0 Å². The Balaban J connectivity index is 2.80. The minimum atomic E-state index is -1.00. The summed E-state index contributed by atoms with van der Waals surface area (Å²) in [5.74, 6) is -1.20. The van der Waals surface area contributed by atoms with Crippen LogP contribution in [0.4, 0.5) is 0 Å². The molecule has 23 heavy (non-hydrogen) atoms. The zero-order valence-electron chi connectivity index (χ0n) is 15.0. The van der Waals surface area contributed by atoms with Crippen LogP contribution in [0.5, 0.6) is 0 Å². The molecule has 0 bridgehead atoms. The van der Waals surface area contributed by atoms with E-state index in [0.717, 1.165) is 6.42 Å². The Morgan fingerprint density at radius 2 is 1.87 bits per heavy atom. The van der Waals surface area contributed by atoms with Crippen LogP contribution in [0.3, 0.4) is 0 Å². The molecule has 2 amide bonds. The number of rotatable bonds is 5. The lowest BCUT2D eigenvalue weighted by Gasteiger charge is -2.37. The highest BCUT2D eigenvalue weighted by molar-refractivity contribution is 5.85. The lowest BCUT2D eigenvalue weighted by atomic mass is 9.90. The summed E-state index contributed by atoms with van der Waals surface area (Å²) in [4.78, 5) is 39.3. The first-order valence-corrected chi connectivity index (χ1v) is 8.32. The fraction of sp³-hybridized carbons (Fsp3) is 0.824. The number of carbonyl (C=O) groups is 3. The van der Waals surface area contributed by atoms with Gasteiger partial charge in [-0.25, -0.2) is 0 Å². The van der Waals surface area contributed by atoms with E-state index in [9.17, 15) is 14.4 Å². The Morgan fingerprint density at radius 1 is 1.26 bits per heavy atom. The van der Waals surface area contributed by atoms with Crippen LogP contribution in [0, 0.1) is 17.3 Å². The third-order valence-corrected chi connectivity index (χ3v) is 3.92. The maximum absolute atomic E-state index is 12.7. The Kier molecular flexibility index (Phi) is 6.59. The summed E-state index contributed by atoms with van der Waals surface area (Å²) < 4.78 is 0. The van der Waals surface area contributed by atoms with Crippen LogP contribution < -0.4 is 0 Å². The van der Waals surface area contributed by atoms with Gasteiger partial charge in [0.25, 0.3) is 0 Å². The van der Waals surface area contributed by atoms with Crippen LogP contribution in [0.1, 0.15) is 47.5 Å². The van der Waals surface area contributed by atoms with Crippen molar-refractivity contribution in [3.63, 3.8) is 0 Å². The molecule has 1 rings (SSSR count). The van der Waals surface area contributed by atoms with Gasteiger partial charge >= 0.3 is 5.97 Å². The molecule has 0 spiro atoms. The fourth-order valence-corrected chi connectivity index (χ4v) is 2.93. The first kappa shape index (κ1) is 19.5. The number of carbonyl (C=O) groups excluding carboxylic acids is 2. The molecule has 0 radical (unpaired) electrons. The number of nitrogens with zero attached hydrogens (tertiary/aromatic N) is 2. The molecule has 1 unspecified atom stereocenters. The van der Waals surface area contributed by atoms with E-state index in [1.807, 2.05) is 34.6 Å². The third-order valence-electron chi connectivity index (χ3n) is 3.92. The zero-order valence-corrected chi connectivity index (χ0v) is 15.0. The number of likely N-dealkylation sites (tertiary alicyclic amines) is 1. The minimum Gasteiger partial charge on any atom is -0.480 e. The highest BCUT2D eigenvalue weighted by atomic mass is 16.4. The molecule has 0 aliphatic carbocycles. The van der Waals surface area contributed by atoms with Gasteiger partial charge in [-0.05, 0) is 18.8 Å². The van der Waals surface area contributed by atoms with Gasteiger partial charge in [-0.15, -0.1) is 0 Å². The van der Waals surface area contributed by atoms with Gasteiger partial charge in [0.1, 0.15) is 6.54 Å². The van der Waals surface area contributed by atoms with Crippen molar-refractivity contribution in [2.45, 2.75) is 47.5 Å². The van der Waals surface area contributed by atoms with E-state index in [2.05, 4.69) is 0 Å². The molecule has 1 heterocycles. The standard InChI is InChI=1S/C17H30N2O4/c1-12(2)9-19(11-14(20)21)15(22)13-7-6-8-18(10-13)16(23)17(3,4)5/h12-13H,6-11H2,1-5H3,(H,20,21). The smallest absolute Gasteiger partial charge is 0.323 e. The fourth-order valence-electron chi connectivity index (χ4n) is 2.93. The summed E-state index contributed by atoms with van der Waals surface area (Å²) in [6.07, 6.45) is 1.49. The largest absolute Gasteiger partial charge is 0.480 e. The maximum atomic E-state index is 12.7. The van der Waals surface area contributed by atoms with Crippen LogP contribution in [0.15, 0.2) is 0 Å². The highest BCUT2D eigenvalue weighted by Gasteiger charge is 2.35. The molecule has 6 nitrogen and oxygen atoms in total. The van der Waals surface area contributed by atoms with Crippen molar-refractivity contribution in [3.05, 3.63) is 0 Å². The molecular formula is C17H30N2O4. The molecule has 1 saturated heterocycles. The molecular weight excluding hydrogens is 296 g/mol. The third kappa shape index (κ3) is 5.84. The first-order valence-electron chi connectivity index (χ1n) is 8.32. The van der Waals surface area contributed by atoms with Gasteiger partial charge in [-0.3, -0.25) is 14.4 Å². The van der Waals surface area contributed by atoms with Gasteiger partial charge in [0.2, 0.25) is 11.8 Å². The van der Waals surface area contributed by atoms with Crippen LogP contribution in [-0.4, -0.2) is 58.9 Å². The summed E-state index contributed by atoms with van der Waals surface area (Å²) in [6.45, 7) is 10.7. The number of piperidine rings is 1. The summed E-state index contributed by atoms with van der Waals surface area (Å²) in [6, 6.07) is 0. The van der Waals surface area contributed by atoms with Crippen molar-refractivity contribution in [1.29, 1.82) is 0 Å². The van der Waals surface area contributed by atoms with Crippen molar-refractivity contribution in [1.82, 2.24) is 9.80 Å². The van der Waals surface area contributed by atoms with Crippen LogP contribution in [-0.2, 0) is 14.4 Å². The Hall–Kier alpha value is -1.59. The molecule has 1 aliphatic rings. The number of carboxylic acid groups (broad SMARTS) is 1. The Labute approximate surface area is 138 Å². The SMILES string of the molecule is CC(C)CN(CC(=O)O)C(=O)C1CCCN(C(=O)C(C)(C)C)C1. The van der Waals surface area contributed by atoms with Crippen LogP contribution >= 0.6 is 0 Å². The molecule has 0 aromatic rings. The second kappa shape index (κ2) is 7.79.